The van der Waals surface area contributed by atoms with Gasteiger partial charge in [-0.15, -0.1) is 0 Å². The van der Waals surface area contributed by atoms with Gasteiger partial charge in [0, 0.05) is 4.47 Å². The van der Waals surface area contributed by atoms with E-state index in [4.69, 9.17) is 4.74 Å². The van der Waals surface area contributed by atoms with E-state index in [2.05, 4.69) is 30.0 Å². The van der Waals surface area contributed by atoms with Crippen molar-refractivity contribution in [1.29, 1.82) is 0 Å². The molecular formula is C10H15BrNO+. The highest BCUT2D eigenvalue weighted by atomic mass is 79.9. The second kappa shape index (κ2) is 5.25. The monoisotopic (exact) mass is 244 g/mol. The molecule has 0 atom stereocenters. The standard InChI is InChI=1S/C10H14BrNO/c1-12(2)7-8-13-10-5-3-9(11)4-6-10/h3-6H,7-8H2,1-2H3/p+1. The van der Waals surface area contributed by atoms with E-state index < -0.39 is 0 Å². The third-order valence-electron chi connectivity index (χ3n) is 1.68. The maximum Gasteiger partial charge on any atom is 0.137 e. The molecule has 0 radical (unpaired) electrons. The van der Waals surface area contributed by atoms with E-state index >= 15 is 0 Å². The summed E-state index contributed by atoms with van der Waals surface area (Å²) in [6, 6.07) is 7.90. The van der Waals surface area contributed by atoms with E-state index in [1.54, 1.807) is 0 Å². The van der Waals surface area contributed by atoms with E-state index in [-0.39, 0.29) is 0 Å². The van der Waals surface area contributed by atoms with Crippen LogP contribution >= 0.6 is 15.9 Å². The molecular weight excluding hydrogens is 230 g/mol. The first-order valence-electron chi connectivity index (χ1n) is 4.36. The van der Waals surface area contributed by atoms with Gasteiger partial charge >= 0.3 is 0 Å². The Hall–Kier alpha value is -0.540. The first-order chi connectivity index (χ1) is 6.18. The van der Waals surface area contributed by atoms with E-state index in [0.29, 0.717) is 0 Å². The Kier molecular flexibility index (Phi) is 4.25. The van der Waals surface area contributed by atoms with Crippen molar-refractivity contribution < 1.29 is 9.64 Å². The Morgan fingerprint density at radius 1 is 1.23 bits per heavy atom. The number of quaternary nitrogens is 1. The summed E-state index contributed by atoms with van der Waals surface area (Å²) in [6.45, 7) is 1.79. The fourth-order valence-corrected chi connectivity index (χ4v) is 1.17. The molecule has 0 saturated carbocycles. The lowest BCUT2D eigenvalue weighted by Gasteiger charge is -2.08. The molecule has 0 unspecified atom stereocenters. The van der Waals surface area contributed by atoms with Crippen LogP contribution in [0.15, 0.2) is 28.7 Å². The molecule has 1 aromatic carbocycles. The van der Waals surface area contributed by atoms with Crippen LogP contribution in [0.5, 0.6) is 5.75 Å². The van der Waals surface area contributed by atoms with Crippen molar-refractivity contribution in [1.82, 2.24) is 0 Å². The molecule has 72 valence electrons. The molecule has 1 aromatic rings. The number of rotatable bonds is 4. The minimum atomic E-state index is 0.768. The molecule has 13 heavy (non-hydrogen) atoms. The summed E-state index contributed by atoms with van der Waals surface area (Å²) >= 11 is 3.38. The lowest BCUT2D eigenvalue weighted by molar-refractivity contribution is -0.858. The van der Waals surface area contributed by atoms with Crippen LogP contribution in [0.2, 0.25) is 0 Å². The van der Waals surface area contributed by atoms with E-state index in [1.807, 2.05) is 24.3 Å². The third-order valence-corrected chi connectivity index (χ3v) is 2.21. The molecule has 0 amide bonds. The maximum atomic E-state index is 5.53. The van der Waals surface area contributed by atoms with Gasteiger partial charge in [0.25, 0.3) is 0 Å². The van der Waals surface area contributed by atoms with Gasteiger partial charge in [-0.25, -0.2) is 0 Å². The minimum Gasteiger partial charge on any atom is -0.488 e. The zero-order chi connectivity index (χ0) is 9.68. The number of nitrogens with one attached hydrogen (secondary N) is 1. The van der Waals surface area contributed by atoms with Gasteiger partial charge in [-0.2, -0.15) is 0 Å². The average molecular weight is 245 g/mol. The summed E-state index contributed by atoms with van der Waals surface area (Å²) in [5.74, 6) is 0.935. The Morgan fingerprint density at radius 2 is 1.85 bits per heavy atom. The minimum absolute atomic E-state index is 0.768. The quantitative estimate of drug-likeness (QED) is 0.834. The summed E-state index contributed by atoms with van der Waals surface area (Å²) in [5.41, 5.74) is 0. The van der Waals surface area contributed by atoms with Crippen molar-refractivity contribution in [2.24, 2.45) is 0 Å². The lowest BCUT2D eigenvalue weighted by Crippen LogP contribution is -3.06. The normalized spacial score (nSPS) is 10.5. The van der Waals surface area contributed by atoms with Crippen LogP contribution in [0.1, 0.15) is 0 Å². The molecule has 0 heterocycles. The fraction of sp³-hybridized carbons (Fsp3) is 0.400. The second-order valence-corrected chi connectivity index (χ2v) is 4.18. The van der Waals surface area contributed by atoms with Crippen LogP contribution in [0.25, 0.3) is 0 Å². The predicted molar refractivity (Wildman–Crippen MR) is 57.3 cm³/mol. The Bertz CT molecular complexity index is 246. The van der Waals surface area contributed by atoms with Gasteiger partial charge in [0.05, 0.1) is 14.1 Å². The number of hydrogen-bond donors (Lipinski definition) is 1. The highest BCUT2D eigenvalue weighted by Crippen LogP contribution is 2.15. The van der Waals surface area contributed by atoms with Gasteiger partial charge in [-0.1, -0.05) is 15.9 Å². The van der Waals surface area contributed by atoms with Crippen molar-refractivity contribution in [2.75, 3.05) is 27.2 Å². The van der Waals surface area contributed by atoms with Crippen molar-refractivity contribution in [3.8, 4) is 5.75 Å². The number of ether oxygens (including phenoxy) is 1. The Balaban J connectivity index is 2.33. The molecule has 0 bridgehead atoms. The van der Waals surface area contributed by atoms with E-state index in [1.165, 1.54) is 4.90 Å². The van der Waals surface area contributed by atoms with Gasteiger partial charge in [-0.05, 0) is 24.3 Å². The zero-order valence-electron chi connectivity index (χ0n) is 8.01. The fourth-order valence-electron chi connectivity index (χ4n) is 0.904. The van der Waals surface area contributed by atoms with Crippen LogP contribution in [0, 0.1) is 0 Å². The SMILES string of the molecule is C[NH+](C)CCOc1ccc(Br)cc1. The summed E-state index contributed by atoms with van der Waals surface area (Å²) in [4.78, 5) is 1.40. The summed E-state index contributed by atoms with van der Waals surface area (Å²) in [5, 5.41) is 0. The van der Waals surface area contributed by atoms with Crippen LogP contribution in [0.3, 0.4) is 0 Å². The lowest BCUT2D eigenvalue weighted by atomic mass is 10.3. The molecule has 1 rings (SSSR count). The van der Waals surface area contributed by atoms with Crippen molar-refractivity contribution >= 4 is 15.9 Å². The molecule has 1 N–H and O–H groups in total. The molecule has 0 aliphatic heterocycles. The summed E-state index contributed by atoms with van der Waals surface area (Å²) < 4.78 is 6.61. The Morgan fingerprint density at radius 3 is 2.38 bits per heavy atom. The molecule has 0 aliphatic carbocycles. The van der Waals surface area contributed by atoms with Crippen molar-refractivity contribution in [2.45, 2.75) is 0 Å². The molecule has 3 heteroatoms. The number of halogens is 1. The molecule has 0 saturated heterocycles. The topological polar surface area (TPSA) is 13.7 Å². The van der Waals surface area contributed by atoms with Crippen LogP contribution in [-0.4, -0.2) is 27.2 Å². The van der Waals surface area contributed by atoms with Crippen LogP contribution in [-0.2, 0) is 0 Å². The molecule has 2 nitrogen and oxygen atoms in total. The number of hydrogen-bond acceptors (Lipinski definition) is 1. The van der Waals surface area contributed by atoms with Crippen molar-refractivity contribution in [3.63, 3.8) is 0 Å². The van der Waals surface area contributed by atoms with Crippen molar-refractivity contribution in [3.05, 3.63) is 28.7 Å². The van der Waals surface area contributed by atoms with Gasteiger partial charge in [0.2, 0.25) is 0 Å². The van der Waals surface area contributed by atoms with Crippen LogP contribution in [0.4, 0.5) is 0 Å². The first kappa shape index (κ1) is 10.5. The molecule has 0 aliphatic rings. The van der Waals surface area contributed by atoms with Gasteiger partial charge in [0.1, 0.15) is 18.9 Å². The van der Waals surface area contributed by atoms with E-state index in [0.717, 1.165) is 23.4 Å². The number of benzene rings is 1. The maximum absolute atomic E-state index is 5.53. The van der Waals surface area contributed by atoms with Gasteiger partial charge in [-0.3, -0.25) is 0 Å². The first-order valence-corrected chi connectivity index (χ1v) is 5.15. The average Bonchev–Trinajstić information content (AvgIpc) is 2.08. The highest BCUT2D eigenvalue weighted by Gasteiger charge is 1.95. The third kappa shape index (κ3) is 4.29. The molecule has 0 fully saturated rings. The number of likely N-dealkylation sites (N-methyl/N-ethyl adjacent to an activating group) is 1. The smallest absolute Gasteiger partial charge is 0.137 e. The summed E-state index contributed by atoms with van der Waals surface area (Å²) in [6.07, 6.45) is 0. The Labute approximate surface area is 87.6 Å². The predicted octanol–water partition coefficient (Wildman–Crippen LogP) is 0.972. The molecule has 0 spiro atoms. The van der Waals surface area contributed by atoms with Gasteiger partial charge in [0.15, 0.2) is 0 Å². The largest absolute Gasteiger partial charge is 0.488 e. The zero-order valence-corrected chi connectivity index (χ0v) is 9.60. The van der Waals surface area contributed by atoms with Crippen LogP contribution < -0.4 is 9.64 Å². The van der Waals surface area contributed by atoms with Gasteiger partial charge < -0.3 is 9.64 Å². The molecule has 0 aromatic heterocycles. The highest BCUT2D eigenvalue weighted by molar-refractivity contribution is 9.10. The second-order valence-electron chi connectivity index (χ2n) is 3.26. The van der Waals surface area contributed by atoms with E-state index in [9.17, 15) is 0 Å². The summed E-state index contributed by atoms with van der Waals surface area (Å²) in [7, 11) is 4.23.